The van der Waals surface area contributed by atoms with Gasteiger partial charge in [0.05, 0.1) is 10.6 Å². The van der Waals surface area contributed by atoms with E-state index in [-0.39, 0.29) is 17.9 Å². The summed E-state index contributed by atoms with van der Waals surface area (Å²) < 4.78 is 6.38. The Labute approximate surface area is 168 Å². The first-order valence-corrected chi connectivity index (χ1v) is 9.85. The van der Waals surface area contributed by atoms with Gasteiger partial charge in [-0.05, 0) is 78.7 Å². The van der Waals surface area contributed by atoms with Crippen LogP contribution in [0.25, 0.3) is 0 Å². The smallest absolute Gasteiger partial charge is 0.255 e. The summed E-state index contributed by atoms with van der Waals surface area (Å²) in [5.41, 5.74) is 1.71. The van der Waals surface area contributed by atoms with Crippen LogP contribution in [0.4, 0.5) is 5.69 Å². The fraction of sp³-hybridized carbons (Fsp3) is 0.333. The predicted octanol–water partition coefficient (Wildman–Crippen LogP) is 5.02. The quantitative estimate of drug-likeness (QED) is 0.575. The molecule has 0 heterocycles. The molecule has 0 atom stereocenters. The Morgan fingerprint density at radius 1 is 1.04 bits per heavy atom. The van der Waals surface area contributed by atoms with E-state index >= 15 is 0 Å². The molecule has 2 amide bonds. The van der Waals surface area contributed by atoms with E-state index in [0.29, 0.717) is 29.1 Å². The summed E-state index contributed by atoms with van der Waals surface area (Å²) in [5, 5.41) is 5.70. The Balaban J connectivity index is 1.99. The number of benzene rings is 2. The lowest BCUT2D eigenvalue weighted by molar-refractivity contribution is 0.0952. The second-order valence-corrected chi connectivity index (χ2v) is 7.31. The third-order valence-corrected chi connectivity index (χ3v) is 4.40. The molecule has 2 aromatic carbocycles. The van der Waals surface area contributed by atoms with Crippen molar-refractivity contribution in [3.63, 3.8) is 0 Å². The van der Waals surface area contributed by atoms with E-state index in [1.807, 2.05) is 13.8 Å². The summed E-state index contributed by atoms with van der Waals surface area (Å²) in [7, 11) is 0. The lowest BCUT2D eigenvalue weighted by Crippen LogP contribution is -2.24. The minimum Gasteiger partial charge on any atom is -0.490 e. The second kappa shape index (κ2) is 10.1. The number of anilines is 1. The van der Waals surface area contributed by atoms with Crippen molar-refractivity contribution in [1.82, 2.24) is 5.32 Å². The first-order chi connectivity index (χ1) is 12.9. The zero-order valence-electron chi connectivity index (χ0n) is 15.8. The first kappa shape index (κ1) is 21.0. The van der Waals surface area contributed by atoms with Crippen LogP contribution in [0.3, 0.4) is 0 Å². The Kier molecular flexibility index (Phi) is 7.85. The van der Waals surface area contributed by atoms with Gasteiger partial charge in [0.2, 0.25) is 0 Å². The number of carbonyl (C=O) groups is 2. The Morgan fingerprint density at radius 3 is 2.30 bits per heavy atom. The van der Waals surface area contributed by atoms with Crippen LogP contribution in [0.5, 0.6) is 5.75 Å². The van der Waals surface area contributed by atoms with Crippen LogP contribution in [-0.4, -0.2) is 24.5 Å². The molecule has 0 aliphatic heterocycles. The van der Waals surface area contributed by atoms with E-state index in [9.17, 15) is 9.59 Å². The second-order valence-electron chi connectivity index (χ2n) is 6.45. The molecule has 0 radical (unpaired) electrons. The van der Waals surface area contributed by atoms with Crippen LogP contribution in [0.1, 0.15) is 54.3 Å². The number of rotatable bonds is 8. The van der Waals surface area contributed by atoms with E-state index in [4.69, 9.17) is 4.74 Å². The van der Waals surface area contributed by atoms with Crippen LogP contribution in [0.2, 0.25) is 0 Å². The van der Waals surface area contributed by atoms with Gasteiger partial charge in [-0.3, -0.25) is 9.59 Å². The van der Waals surface area contributed by atoms with E-state index in [1.165, 1.54) is 0 Å². The predicted molar refractivity (Wildman–Crippen MR) is 112 cm³/mol. The van der Waals surface area contributed by atoms with Gasteiger partial charge in [0.1, 0.15) is 5.75 Å². The molecule has 5 nitrogen and oxygen atoms in total. The van der Waals surface area contributed by atoms with Gasteiger partial charge >= 0.3 is 0 Å². The maximum atomic E-state index is 12.4. The van der Waals surface area contributed by atoms with Gasteiger partial charge < -0.3 is 15.4 Å². The van der Waals surface area contributed by atoms with Crippen molar-refractivity contribution in [3.05, 3.63) is 58.1 Å². The van der Waals surface area contributed by atoms with Gasteiger partial charge in [0, 0.05) is 23.4 Å². The monoisotopic (exact) mass is 432 g/mol. The largest absolute Gasteiger partial charge is 0.490 e. The van der Waals surface area contributed by atoms with Gasteiger partial charge in [-0.25, -0.2) is 0 Å². The fourth-order valence-corrected chi connectivity index (χ4v) is 2.85. The molecule has 144 valence electrons. The van der Waals surface area contributed by atoms with Crippen LogP contribution < -0.4 is 15.4 Å². The highest BCUT2D eigenvalue weighted by molar-refractivity contribution is 9.10. The molecule has 0 unspecified atom stereocenters. The summed E-state index contributed by atoms with van der Waals surface area (Å²) in [4.78, 5) is 24.4. The highest BCUT2D eigenvalue weighted by Crippen LogP contribution is 2.27. The number of hydrogen-bond acceptors (Lipinski definition) is 3. The van der Waals surface area contributed by atoms with Gasteiger partial charge in [-0.2, -0.15) is 0 Å². The van der Waals surface area contributed by atoms with Crippen LogP contribution in [-0.2, 0) is 0 Å². The average Bonchev–Trinajstić information content (AvgIpc) is 2.63. The summed E-state index contributed by atoms with van der Waals surface area (Å²) in [5.74, 6) is 0.359. The highest BCUT2D eigenvalue weighted by Gasteiger charge is 2.11. The number of ether oxygens (including phenoxy) is 1. The average molecular weight is 433 g/mol. The van der Waals surface area contributed by atoms with Crippen molar-refractivity contribution < 1.29 is 14.3 Å². The molecule has 0 spiro atoms. The highest BCUT2D eigenvalue weighted by atomic mass is 79.9. The lowest BCUT2D eigenvalue weighted by atomic mass is 10.1. The lowest BCUT2D eigenvalue weighted by Gasteiger charge is -2.12. The molecule has 2 N–H and O–H groups in total. The molecule has 0 aliphatic carbocycles. The minimum atomic E-state index is -0.230. The summed E-state index contributed by atoms with van der Waals surface area (Å²) >= 11 is 3.43. The molecule has 2 aromatic rings. The normalized spacial score (nSPS) is 10.6. The van der Waals surface area contributed by atoms with Gasteiger partial charge in [-0.15, -0.1) is 0 Å². The van der Waals surface area contributed by atoms with Crippen LogP contribution >= 0.6 is 15.9 Å². The van der Waals surface area contributed by atoms with E-state index in [1.54, 1.807) is 42.5 Å². The third-order valence-electron chi connectivity index (χ3n) is 3.78. The number of carbonyl (C=O) groups excluding carboxylic acids is 2. The van der Waals surface area contributed by atoms with E-state index in [0.717, 1.165) is 17.3 Å². The van der Waals surface area contributed by atoms with Crippen molar-refractivity contribution >= 4 is 33.4 Å². The van der Waals surface area contributed by atoms with Crippen LogP contribution in [0, 0.1) is 0 Å². The third kappa shape index (κ3) is 6.40. The molecule has 2 rings (SSSR count). The molecule has 0 saturated carbocycles. The summed E-state index contributed by atoms with van der Waals surface area (Å²) in [6.07, 6.45) is 2.04. The Bertz CT molecular complexity index is 789. The zero-order valence-corrected chi connectivity index (χ0v) is 17.4. The standard InChI is InChI=1S/C21H25BrN2O3/c1-4-5-12-23-20(25)15-6-9-17(10-7-15)24-21(26)16-8-11-19(18(22)13-16)27-14(2)3/h6-11,13-14H,4-5,12H2,1-3H3,(H,23,25)(H,24,26). The number of hydrogen-bond donors (Lipinski definition) is 2. The molecule has 0 aromatic heterocycles. The maximum absolute atomic E-state index is 12.4. The molecular weight excluding hydrogens is 408 g/mol. The topological polar surface area (TPSA) is 67.4 Å². The first-order valence-electron chi connectivity index (χ1n) is 9.06. The summed E-state index contributed by atoms with van der Waals surface area (Å²) in [6.45, 7) is 6.63. The van der Waals surface area contributed by atoms with E-state index < -0.39 is 0 Å². The molecule has 27 heavy (non-hydrogen) atoms. The molecule has 0 fully saturated rings. The Morgan fingerprint density at radius 2 is 1.70 bits per heavy atom. The van der Waals surface area contributed by atoms with Gasteiger partial charge in [0.15, 0.2) is 0 Å². The van der Waals surface area contributed by atoms with Gasteiger partial charge in [-0.1, -0.05) is 13.3 Å². The summed E-state index contributed by atoms with van der Waals surface area (Å²) in [6, 6.07) is 12.0. The number of amides is 2. The molecule has 0 aliphatic rings. The van der Waals surface area contributed by atoms with Crippen molar-refractivity contribution in [1.29, 1.82) is 0 Å². The van der Waals surface area contributed by atoms with Crippen molar-refractivity contribution in [3.8, 4) is 5.75 Å². The number of halogens is 1. The fourth-order valence-electron chi connectivity index (χ4n) is 2.38. The Hall–Kier alpha value is -2.34. The number of unbranched alkanes of at least 4 members (excludes halogenated alkanes) is 1. The zero-order chi connectivity index (χ0) is 19.8. The number of nitrogens with one attached hydrogen (secondary N) is 2. The SMILES string of the molecule is CCCCNC(=O)c1ccc(NC(=O)c2ccc(OC(C)C)c(Br)c2)cc1. The molecule has 0 saturated heterocycles. The molecule has 6 heteroatoms. The van der Waals surface area contributed by atoms with Gasteiger partial charge in [0.25, 0.3) is 11.8 Å². The molecule has 0 bridgehead atoms. The van der Waals surface area contributed by atoms with Crippen molar-refractivity contribution in [2.75, 3.05) is 11.9 Å². The minimum absolute atomic E-state index is 0.0543. The van der Waals surface area contributed by atoms with Crippen molar-refractivity contribution in [2.45, 2.75) is 39.7 Å². The van der Waals surface area contributed by atoms with E-state index in [2.05, 4.69) is 33.5 Å². The maximum Gasteiger partial charge on any atom is 0.255 e. The van der Waals surface area contributed by atoms with Crippen molar-refractivity contribution in [2.24, 2.45) is 0 Å². The van der Waals surface area contributed by atoms with Crippen LogP contribution in [0.15, 0.2) is 46.9 Å². The molecular formula is C21H25BrN2O3.